The third-order valence-corrected chi connectivity index (χ3v) is 4.07. The lowest BCUT2D eigenvalue weighted by Gasteiger charge is -2.08. The van der Waals surface area contributed by atoms with Gasteiger partial charge in [0.1, 0.15) is 11.6 Å². The molecule has 0 radical (unpaired) electrons. The number of nitrogens with one attached hydrogen (secondary N) is 1. The molecular weight excluding hydrogens is 290 g/mol. The van der Waals surface area contributed by atoms with Crippen LogP contribution in [-0.4, -0.2) is 27.2 Å². The zero-order chi connectivity index (χ0) is 16.1. The Kier molecular flexibility index (Phi) is 4.67. The molecule has 1 aromatic carbocycles. The van der Waals surface area contributed by atoms with E-state index in [-0.39, 0.29) is 5.91 Å². The molecule has 118 valence electrons. The van der Waals surface area contributed by atoms with Gasteiger partial charge in [-0.05, 0) is 31.0 Å². The fourth-order valence-electron chi connectivity index (χ4n) is 2.85. The standard InChI is InChI=1S/C17H19N5O/c18-12-13-5-4-6-14(11-13)17(23)19-9-8-16-21-20-15-7-2-1-3-10-22(15)16/h4-6,11H,1-3,7-10H2,(H,19,23). The van der Waals surface area contributed by atoms with Gasteiger partial charge < -0.3 is 9.88 Å². The van der Waals surface area contributed by atoms with Gasteiger partial charge in [0.25, 0.3) is 5.91 Å². The van der Waals surface area contributed by atoms with Gasteiger partial charge in [-0.25, -0.2) is 0 Å². The maximum Gasteiger partial charge on any atom is 0.251 e. The molecule has 23 heavy (non-hydrogen) atoms. The van der Waals surface area contributed by atoms with Crippen molar-refractivity contribution in [3.63, 3.8) is 0 Å². The molecule has 1 aliphatic heterocycles. The topological polar surface area (TPSA) is 83.6 Å². The van der Waals surface area contributed by atoms with Crippen molar-refractivity contribution < 1.29 is 4.79 Å². The third-order valence-electron chi connectivity index (χ3n) is 4.07. The number of carbonyl (C=O) groups is 1. The second-order valence-corrected chi connectivity index (χ2v) is 5.69. The summed E-state index contributed by atoms with van der Waals surface area (Å²) in [6, 6.07) is 8.74. The molecule has 0 saturated heterocycles. The van der Waals surface area contributed by atoms with E-state index < -0.39 is 0 Å². The normalized spacial score (nSPS) is 13.7. The van der Waals surface area contributed by atoms with E-state index >= 15 is 0 Å². The van der Waals surface area contributed by atoms with Crippen molar-refractivity contribution >= 4 is 5.91 Å². The monoisotopic (exact) mass is 309 g/mol. The molecule has 0 aliphatic carbocycles. The van der Waals surface area contributed by atoms with Crippen LogP contribution in [0.5, 0.6) is 0 Å². The van der Waals surface area contributed by atoms with Crippen molar-refractivity contribution in [2.75, 3.05) is 6.54 Å². The van der Waals surface area contributed by atoms with Gasteiger partial charge in [-0.15, -0.1) is 10.2 Å². The first-order chi connectivity index (χ1) is 11.3. The molecule has 0 saturated carbocycles. The van der Waals surface area contributed by atoms with Crippen LogP contribution in [0, 0.1) is 11.3 Å². The van der Waals surface area contributed by atoms with Crippen molar-refractivity contribution in [1.29, 1.82) is 5.26 Å². The van der Waals surface area contributed by atoms with E-state index in [4.69, 9.17) is 5.26 Å². The summed E-state index contributed by atoms with van der Waals surface area (Å²) in [7, 11) is 0. The number of carbonyl (C=O) groups excluding carboxylic acids is 1. The predicted molar refractivity (Wildman–Crippen MR) is 84.8 cm³/mol. The average Bonchev–Trinajstić information content (AvgIpc) is 2.81. The molecular formula is C17H19N5O. The van der Waals surface area contributed by atoms with Crippen molar-refractivity contribution in [1.82, 2.24) is 20.1 Å². The van der Waals surface area contributed by atoms with Crippen molar-refractivity contribution in [2.45, 2.75) is 38.6 Å². The molecule has 1 aliphatic rings. The van der Waals surface area contributed by atoms with E-state index in [9.17, 15) is 4.79 Å². The summed E-state index contributed by atoms with van der Waals surface area (Å²) in [5, 5.41) is 20.3. The molecule has 2 aromatic rings. The molecule has 0 spiro atoms. The number of hydrogen-bond donors (Lipinski definition) is 1. The Morgan fingerprint density at radius 3 is 3.09 bits per heavy atom. The number of aromatic nitrogens is 3. The van der Waals surface area contributed by atoms with Gasteiger partial charge in [0.2, 0.25) is 0 Å². The van der Waals surface area contributed by atoms with Crippen LogP contribution in [0.25, 0.3) is 0 Å². The van der Waals surface area contributed by atoms with Crippen molar-refractivity contribution in [3.05, 3.63) is 47.0 Å². The minimum absolute atomic E-state index is 0.169. The number of rotatable bonds is 4. The summed E-state index contributed by atoms with van der Waals surface area (Å²) < 4.78 is 2.19. The second-order valence-electron chi connectivity index (χ2n) is 5.69. The Balaban J connectivity index is 1.58. The van der Waals surface area contributed by atoms with Crippen LogP contribution >= 0.6 is 0 Å². The third kappa shape index (κ3) is 3.57. The quantitative estimate of drug-likeness (QED) is 0.934. The Morgan fingerprint density at radius 2 is 2.22 bits per heavy atom. The highest BCUT2D eigenvalue weighted by atomic mass is 16.1. The maximum absolute atomic E-state index is 12.1. The maximum atomic E-state index is 12.1. The number of hydrogen-bond acceptors (Lipinski definition) is 4. The van der Waals surface area contributed by atoms with E-state index in [2.05, 4.69) is 20.1 Å². The van der Waals surface area contributed by atoms with Crippen LogP contribution in [0.3, 0.4) is 0 Å². The predicted octanol–water partition coefficient (Wildman–Crippen LogP) is 1.85. The molecule has 1 N–H and O–H groups in total. The van der Waals surface area contributed by atoms with Crippen LogP contribution in [0.2, 0.25) is 0 Å². The molecule has 3 rings (SSSR count). The van der Waals surface area contributed by atoms with E-state index in [1.165, 1.54) is 12.8 Å². The Bertz CT molecular complexity index is 744. The fraction of sp³-hybridized carbons (Fsp3) is 0.412. The van der Waals surface area contributed by atoms with E-state index in [1.54, 1.807) is 24.3 Å². The first-order valence-corrected chi connectivity index (χ1v) is 7.97. The molecule has 0 unspecified atom stereocenters. The van der Waals surface area contributed by atoms with Gasteiger partial charge in [-0.3, -0.25) is 4.79 Å². The van der Waals surface area contributed by atoms with Crippen molar-refractivity contribution in [2.24, 2.45) is 0 Å². The average molecular weight is 309 g/mol. The summed E-state index contributed by atoms with van der Waals surface area (Å²) in [6.45, 7) is 1.48. The highest BCUT2D eigenvalue weighted by molar-refractivity contribution is 5.94. The van der Waals surface area contributed by atoms with Gasteiger partial charge in [-0.1, -0.05) is 12.5 Å². The van der Waals surface area contributed by atoms with Crippen LogP contribution < -0.4 is 5.32 Å². The van der Waals surface area contributed by atoms with E-state index in [1.807, 2.05) is 6.07 Å². The summed E-state index contributed by atoms with van der Waals surface area (Å²) in [5.74, 6) is 1.83. The summed E-state index contributed by atoms with van der Waals surface area (Å²) in [5.41, 5.74) is 0.990. The zero-order valence-corrected chi connectivity index (χ0v) is 13.0. The number of nitrogens with zero attached hydrogens (tertiary/aromatic N) is 4. The number of nitriles is 1. The lowest BCUT2D eigenvalue weighted by molar-refractivity contribution is 0.0954. The molecule has 0 atom stereocenters. The number of aryl methyl sites for hydroxylation is 1. The largest absolute Gasteiger partial charge is 0.352 e. The van der Waals surface area contributed by atoms with Crippen LogP contribution in [0.15, 0.2) is 24.3 Å². The number of benzene rings is 1. The fourth-order valence-corrected chi connectivity index (χ4v) is 2.85. The van der Waals surface area contributed by atoms with Crippen LogP contribution in [0.4, 0.5) is 0 Å². The van der Waals surface area contributed by atoms with E-state index in [0.717, 1.165) is 31.0 Å². The van der Waals surface area contributed by atoms with Gasteiger partial charge in [-0.2, -0.15) is 5.26 Å². The van der Waals surface area contributed by atoms with E-state index in [0.29, 0.717) is 24.1 Å². The lowest BCUT2D eigenvalue weighted by atomic mass is 10.1. The van der Waals surface area contributed by atoms with Crippen LogP contribution in [-0.2, 0) is 19.4 Å². The number of amides is 1. The van der Waals surface area contributed by atoms with Gasteiger partial charge >= 0.3 is 0 Å². The van der Waals surface area contributed by atoms with Gasteiger partial charge in [0, 0.05) is 31.5 Å². The molecule has 0 fully saturated rings. The molecule has 2 heterocycles. The smallest absolute Gasteiger partial charge is 0.251 e. The van der Waals surface area contributed by atoms with Crippen LogP contribution in [0.1, 0.15) is 46.8 Å². The molecule has 1 aromatic heterocycles. The second kappa shape index (κ2) is 7.05. The Morgan fingerprint density at radius 1 is 1.30 bits per heavy atom. The van der Waals surface area contributed by atoms with Gasteiger partial charge in [0.05, 0.1) is 11.6 Å². The SMILES string of the molecule is N#Cc1cccc(C(=O)NCCc2nnc3n2CCCCC3)c1. The minimum atomic E-state index is -0.169. The lowest BCUT2D eigenvalue weighted by Crippen LogP contribution is -2.26. The zero-order valence-electron chi connectivity index (χ0n) is 13.0. The molecule has 1 amide bonds. The van der Waals surface area contributed by atoms with Crippen molar-refractivity contribution in [3.8, 4) is 6.07 Å². The summed E-state index contributed by atoms with van der Waals surface area (Å²) in [4.78, 5) is 12.1. The van der Waals surface area contributed by atoms with Gasteiger partial charge in [0.15, 0.2) is 0 Å². The molecule has 6 nitrogen and oxygen atoms in total. The first-order valence-electron chi connectivity index (χ1n) is 7.97. The molecule has 0 bridgehead atoms. The summed E-state index contributed by atoms with van der Waals surface area (Å²) >= 11 is 0. The first kappa shape index (κ1) is 15.2. The minimum Gasteiger partial charge on any atom is -0.352 e. The Labute approximate surface area is 135 Å². The Hall–Kier alpha value is -2.68. The summed E-state index contributed by atoms with van der Waals surface area (Å²) in [6.07, 6.45) is 5.21. The molecule has 6 heteroatoms. The highest BCUT2D eigenvalue weighted by Gasteiger charge is 2.14. The highest BCUT2D eigenvalue weighted by Crippen LogP contribution is 2.14. The number of fused-ring (bicyclic) bond motifs is 1.